The van der Waals surface area contributed by atoms with Crippen LogP contribution < -0.4 is 10.2 Å². The number of hydrogen-bond donors (Lipinski definition) is 1. The first-order valence-electron chi connectivity index (χ1n) is 5.68. The fraction of sp³-hybridized carbons (Fsp3) is 0.231. The monoisotopic (exact) mass is 280 g/mol. The lowest BCUT2D eigenvalue weighted by atomic mass is 10.2. The zero-order valence-corrected chi connectivity index (χ0v) is 11.4. The van der Waals surface area contributed by atoms with Gasteiger partial charge in [0, 0.05) is 16.8 Å². The lowest BCUT2D eigenvalue weighted by Crippen LogP contribution is -2.25. The number of aryl methyl sites for hydroxylation is 2. The van der Waals surface area contributed by atoms with Crippen molar-refractivity contribution in [3.8, 4) is 0 Å². The molecular weight excluding hydrogens is 267 g/mol. The van der Waals surface area contributed by atoms with E-state index in [4.69, 9.17) is 0 Å². The molecule has 0 atom stereocenters. The summed E-state index contributed by atoms with van der Waals surface area (Å²) in [4.78, 5) is 23.1. The minimum atomic E-state index is -0.373. The minimum Gasteiger partial charge on any atom is -0.324 e. The summed E-state index contributed by atoms with van der Waals surface area (Å²) in [6, 6.07) is 4.48. The number of nitrogens with zero attached hydrogens (tertiary/aromatic N) is 1. The van der Waals surface area contributed by atoms with Crippen LogP contribution >= 0.6 is 11.3 Å². The van der Waals surface area contributed by atoms with E-state index in [-0.39, 0.29) is 23.1 Å². The Balaban J connectivity index is 2.09. The molecule has 1 aromatic heterocycles. The second-order valence-electron chi connectivity index (χ2n) is 4.24. The third-order valence-electron chi connectivity index (χ3n) is 2.73. The summed E-state index contributed by atoms with van der Waals surface area (Å²) in [6.07, 6.45) is 0. The van der Waals surface area contributed by atoms with E-state index in [2.05, 4.69) is 5.32 Å². The van der Waals surface area contributed by atoms with Crippen molar-refractivity contribution in [1.82, 2.24) is 4.57 Å². The summed E-state index contributed by atoms with van der Waals surface area (Å²) in [5.74, 6) is -0.728. The number of benzene rings is 1. The van der Waals surface area contributed by atoms with Gasteiger partial charge in [0.05, 0.1) is 0 Å². The molecule has 0 spiro atoms. The van der Waals surface area contributed by atoms with E-state index >= 15 is 0 Å². The van der Waals surface area contributed by atoms with Crippen LogP contribution in [0.3, 0.4) is 0 Å². The number of carbonyl (C=O) groups excluding carboxylic acids is 1. The molecule has 0 aliphatic carbocycles. The summed E-state index contributed by atoms with van der Waals surface area (Å²) < 4.78 is 14.7. The zero-order chi connectivity index (χ0) is 14.0. The first-order valence-corrected chi connectivity index (χ1v) is 6.56. The molecule has 6 heteroatoms. The normalized spacial score (nSPS) is 10.5. The van der Waals surface area contributed by atoms with Crippen molar-refractivity contribution < 1.29 is 9.18 Å². The van der Waals surface area contributed by atoms with Gasteiger partial charge in [-0.15, -0.1) is 0 Å². The number of thiazole rings is 1. The number of carbonyl (C=O) groups is 1. The molecule has 1 N–H and O–H groups in total. The molecule has 1 amide bonds. The average Bonchev–Trinajstić information content (AvgIpc) is 2.66. The predicted molar refractivity (Wildman–Crippen MR) is 73.1 cm³/mol. The number of amides is 1. The Bertz CT molecular complexity index is 676. The lowest BCUT2D eigenvalue weighted by Gasteiger charge is -2.07. The molecule has 0 aliphatic rings. The van der Waals surface area contributed by atoms with Gasteiger partial charge in [0.15, 0.2) is 0 Å². The fourth-order valence-corrected chi connectivity index (χ4v) is 2.35. The topological polar surface area (TPSA) is 51.1 Å². The molecule has 2 aromatic rings. The molecule has 19 heavy (non-hydrogen) atoms. The highest BCUT2D eigenvalue weighted by atomic mass is 32.1. The number of anilines is 1. The van der Waals surface area contributed by atoms with Gasteiger partial charge in [-0.1, -0.05) is 17.4 Å². The molecule has 0 bridgehead atoms. The Morgan fingerprint density at radius 1 is 1.42 bits per heavy atom. The third-order valence-corrected chi connectivity index (χ3v) is 3.61. The highest BCUT2D eigenvalue weighted by Gasteiger charge is 2.09. The molecule has 100 valence electrons. The first kappa shape index (κ1) is 13.5. The molecule has 4 nitrogen and oxygen atoms in total. The Hall–Kier alpha value is -1.95. The molecule has 1 aromatic carbocycles. The quantitative estimate of drug-likeness (QED) is 0.938. The largest absolute Gasteiger partial charge is 0.324 e. The van der Waals surface area contributed by atoms with Crippen LogP contribution in [-0.2, 0) is 11.3 Å². The van der Waals surface area contributed by atoms with Crippen LogP contribution in [0, 0.1) is 19.7 Å². The van der Waals surface area contributed by atoms with E-state index in [0.717, 1.165) is 17.0 Å². The van der Waals surface area contributed by atoms with Gasteiger partial charge in [-0.2, -0.15) is 0 Å². The van der Waals surface area contributed by atoms with Gasteiger partial charge < -0.3 is 5.32 Å². The molecule has 0 saturated heterocycles. The van der Waals surface area contributed by atoms with Gasteiger partial charge in [0.1, 0.15) is 12.4 Å². The van der Waals surface area contributed by atoms with E-state index < -0.39 is 0 Å². The maximum absolute atomic E-state index is 13.3. The summed E-state index contributed by atoms with van der Waals surface area (Å²) in [5, 5.41) is 4.26. The molecule has 0 fully saturated rings. The van der Waals surface area contributed by atoms with E-state index in [1.807, 2.05) is 0 Å². The minimum absolute atomic E-state index is 0.0658. The predicted octanol–water partition coefficient (Wildman–Crippen LogP) is 2.30. The van der Waals surface area contributed by atoms with Crippen molar-refractivity contribution in [2.24, 2.45) is 0 Å². The fourth-order valence-electron chi connectivity index (χ4n) is 1.61. The number of hydrogen-bond acceptors (Lipinski definition) is 3. The molecular formula is C13H13FN2O2S. The summed E-state index contributed by atoms with van der Waals surface area (Å²) in [5.41, 5.74) is 1.64. The van der Waals surface area contributed by atoms with Gasteiger partial charge in [-0.25, -0.2) is 4.39 Å². The molecule has 0 radical (unpaired) electrons. The van der Waals surface area contributed by atoms with Crippen molar-refractivity contribution in [2.75, 3.05) is 5.32 Å². The molecule has 0 unspecified atom stereocenters. The van der Waals surface area contributed by atoms with Crippen molar-refractivity contribution in [2.45, 2.75) is 20.4 Å². The second kappa shape index (κ2) is 5.36. The maximum Gasteiger partial charge on any atom is 0.307 e. The van der Waals surface area contributed by atoms with Crippen molar-refractivity contribution in [3.05, 3.63) is 50.3 Å². The van der Waals surface area contributed by atoms with E-state index in [1.165, 1.54) is 10.6 Å². The van der Waals surface area contributed by atoms with Crippen LogP contribution in [-0.4, -0.2) is 10.5 Å². The van der Waals surface area contributed by atoms with E-state index in [1.54, 1.807) is 31.4 Å². The van der Waals surface area contributed by atoms with Crippen molar-refractivity contribution in [1.29, 1.82) is 0 Å². The van der Waals surface area contributed by atoms with Crippen LogP contribution in [0.4, 0.5) is 10.1 Å². The highest BCUT2D eigenvalue weighted by Crippen LogP contribution is 2.13. The second-order valence-corrected chi connectivity index (χ2v) is 5.06. The number of nitrogens with one attached hydrogen (secondary N) is 1. The zero-order valence-electron chi connectivity index (χ0n) is 10.6. The van der Waals surface area contributed by atoms with Crippen LogP contribution in [0.2, 0.25) is 0 Å². The van der Waals surface area contributed by atoms with E-state index in [9.17, 15) is 14.0 Å². The Morgan fingerprint density at radius 2 is 2.16 bits per heavy atom. The van der Waals surface area contributed by atoms with Crippen molar-refractivity contribution in [3.63, 3.8) is 0 Å². The summed E-state index contributed by atoms with van der Waals surface area (Å²) in [7, 11) is 0. The smallest absolute Gasteiger partial charge is 0.307 e. The number of halogens is 1. The maximum atomic E-state index is 13.3. The van der Waals surface area contributed by atoms with Gasteiger partial charge in [-0.05, 0) is 31.5 Å². The van der Waals surface area contributed by atoms with Crippen molar-refractivity contribution >= 4 is 22.9 Å². The van der Waals surface area contributed by atoms with Crippen LogP contribution in [0.25, 0.3) is 0 Å². The van der Waals surface area contributed by atoms with Crippen LogP contribution in [0.15, 0.2) is 28.4 Å². The Kier molecular flexibility index (Phi) is 3.80. The summed E-state index contributed by atoms with van der Waals surface area (Å²) in [6.45, 7) is 3.34. The third kappa shape index (κ3) is 3.08. The summed E-state index contributed by atoms with van der Waals surface area (Å²) >= 11 is 1.05. The molecule has 0 saturated carbocycles. The lowest BCUT2D eigenvalue weighted by molar-refractivity contribution is -0.116. The molecule has 0 aliphatic heterocycles. The molecule has 1 heterocycles. The standard InChI is InChI=1S/C13H13FN2O2S/c1-8-3-4-10(5-11(8)14)15-12(17)6-16-9(2)7-19-13(16)18/h3-5,7H,6H2,1-2H3,(H,15,17). The van der Waals surface area contributed by atoms with Gasteiger partial charge in [0.2, 0.25) is 5.91 Å². The first-order chi connectivity index (χ1) is 8.97. The number of rotatable bonds is 3. The average molecular weight is 280 g/mol. The van der Waals surface area contributed by atoms with E-state index in [0.29, 0.717) is 11.3 Å². The SMILES string of the molecule is Cc1ccc(NC(=O)Cn2c(C)csc2=O)cc1F. The van der Waals surface area contributed by atoms with Gasteiger partial charge in [0.25, 0.3) is 0 Å². The number of aromatic nitrogens is 1. The van der Waals surface area contributed by atoms with Crippen LogP contribution in [0.1, 0.15) is 11.3 Å². The van der Waals surface area contributed by atoms with Crippen LogP contribution in [0.5, 0.6) is 0 Å². The van der Waals surface area contributed by atoms with Gasteiger partial charge in [-0.3, -0.25) is 14.2 Å². The molecule has 2 rings (SSSR count). The highest BCUT2D eigenvalue weighted by molar-refractivity contribution is 7.07. The van der Waals surface area contributed by atoms with Gasteiger partial charge >= 0.3 is 4.87 Å². The Morgan fingerprint density at radius 3 is 2.74 bits per heavy atom. The Labute approximate surface area is 113 Å².